The molecule has 0 fully saturated rings. The van der Waals surface area contributed by atoms with Crippen molar-refractivity contribution >= 4 is 0 Å². The van der Waals surface area contributed by atoms with Gasteiger partial charge in [0.2, 0.25) is 0 Å². The van der Waals surface area contributed by atoms with E-state index in [0.29, 0.717) is 11.8 Å². The van der Waals surface area contributed by atoms with Gasteiger partial charge in [0, 0.05) is 17.8 Å². The van der Waals surface area contributed by atoms with Crippen molar-refractivity contribution in [1.29, 1.82) is 0 Å². The normalized spacial score (nSPS) is 31.6. The molecule has 0 heterocycles. The minimum absolute atomic E-state index is 0.284. The zero-order chi connectivity index (χ0) is 16.0. The van der Waals surface area contributed by atoms with E-state index in [2.05, 4.69) is 24.3 Å². The highest BCUT2D eigenvalue weighted by atomic mass is 16.3. The van der Waals surface area contributed by atoms with Crippen LogP contribution in [0.2, 0.25) is 0 Å². The van der Waals surface area contributed by atoms with Crippen LogP contribution in [0.5, 0.6) is 0 Å². The second-order valence-corrected chi connectivity index (χ2v) is 8.46. The van der Waals surface area contributed by atoms with Gasteiger partial charge in [-0.2, -0.15) is 0 Å². The molecule has 0 bridgehead atoms. The molecule has 124 valence electrons. The molecule has 0 saturated heterocycles. The Balaban J connectivity index is 1.70. The second-order valence-electron chi connectivity index (χ2n) is 8.46. The summed E-state index contributed by atoms with van der Waals surface area (Å²) >= 11 is 0. The Hall–Kier alpha value is -1.08. The summed E-state index contributed by atoms with van der Waals surface area (Å²) < 4.78 is 0. The second kappa shape index (κ2) is 5.77. The highest BCUT2D eigenvalue weighted by Gasteiger charge is 2.44. The Bertz CT molecular complexity index is 560. The molecule has 0 aliphatic heterocycles. The molecule has 4 aliphatic rings. The van der Waals surface area contributed by atoms with Crippen LogP contribution in [0.25, 0.3) is 0 Å². The smallest absolute Gasteiger partial charge is 0.0637 e. The van der Waals surface area contributed by atoms with Crippen molar-refractivity contribution in [3.8, 4) is 0 Å². The Morgan fingerprint density at radius 2 is 1.26 bits per heavy atom. The highest BCUT2D eigenvalue weighted by molar-refractivity contribution is 5.44. The molecule has 23 heavy (non-hydrogen) atoms. The zero-order valence-corrected chi connectivity index (χ0v) is 14.6. The SMILES string of the molecule is CC(C)(O)C(C1C=CC2=C1CCCC2)C1C=CC2=C1CCCC2. The topological polar surface area (TPSA) is 20.2 Å². The van der Waals surface area contributed by atoms with E-state index in [-0.39, 0.29) is 5.92 Å². The van der Waals surface area contributed by atoms with Crippen molar-refractivity contribution in [1.82, 2.24) is 0 Å². The van der Waals surface area contributed by atoms with E-state index < -0.39 is 5.60 Å². The number of rotatable bonds is 3. The van der Waals surface area contributed by atoms with Crippen LogP contribution in [-0.2, 0) is 0 Å². The van der Waals surface area contributed by atoms with Crippen molar-refractivity contribution in [2.45, 2.75) is 70.8 Å². The molecule has 2 atom stereocenters. The monoisotopic (exact) mass is 310 g/mol. The first kappa shape index (κ1) is 15.4. The van der Waals surface area contributed by atoms with Gasteiger partial charge in [0.15, 0.2) is 0 Å². The van der Waals surface area contributed by atoms with E-state index in [1.807, 2.05) is 13.8 Å². The summed E-state index contributed by atoms with van der Waals surface area (Å²) in [5, 5.41) is 11.1. The average Bonchev–Trinajstić information content (AvgIpc) is 3.12. The molecule has 0 aromatic rings. The maximum Gasteiger partial charge on any atom is 0.0637 e. The van der Waals surface area contributed by atoms with Crippen molar-refractivity contribution in [2.75, 3.05) is 0 Å². The van der Waals surface area contributed by atoms with E-state index >= 15 is 0 Å². The van der Waals surface area contributed by atoms with E-state index in [9.17, 15) is 5.11 Å². The van der Waals surface area contributed by atoms with E-state index in [1.165, 1.54) is 51.4 Å². The first-order valence-electron chi connectivity index (χ1n) is 9.58. The third-order valence-corrected chi connectivity index (χ3v) is 6.51. The Morgan fingerprint density at radius 3 is 1.70 bits per heavy atom. The van der Waals surface area contributed by atoms with E-state index in [4.69, 9.17) is 0 Å². The van der Waals surface area contributed by atoms with Gasteiger partial charge in [-0.05, 0) is 76.4 Å². The average molecular weight is 310 g/mol. The third kappa shape index (κ3) is 2.67. The summed E-state index contributed by atoms with van der Waals surface area (Å²) in [6, 6.07) is 0. The van der Waals surface area contributed by atoms with Gasteiger partial charge >= 0.3 is 0 Å². The number of aliphatic hydroxyl groups is 1. The van der Waals surface area contributed by atoms with Crippen molar-refractivity contribution < 1.29 is 5.11 Å². The summed E-state index contributed by atoms with van der Waals surface area (Å²) in [6.07, 6.45) is 19.8. The van der Waals surface area contributed by atoms with Crippen LogP contribution in [0, 0.1) is 17.8 Å². The van der Waals surface area contributed by atoms with Gasteiger partial charge in [-0.1, -0.05) is 35.5 Å². The van der Waals surface area contributed by atoms with Crippen LogP contribution < -0.4 is 0 Å². The van der Waals surface area contributed by atoms with Gasteiger partial charge in [-0.15, -0.1) is 0 Å². The molecule has 4 rings (SSSR count). The van der Waals surface area contributed by atoms with Crippen LogP contribution in [-0.4, -0.2) is 10.7 Å². The molecular formula is C22H30O. The van der Waals surface area contributed by atoms with Crippen molar-refractivity contribution in [3.05, 3.63) is 46.6 Å². The lowest BCUT2D eigenvalue weighted by atomic mass is 9.66. The van der Waals surface area contributed by atoms with E-state index in [0.717, 1.165) is 0 Å². The number of hydrogen-bond acceptors (Lipinski definition) is 1. The van der Waals surface area contributed by atoms with Crippen molar-refractivity contribution in [2.24, 2.45) is 17.8 Å². The Morgan fingerprint density at radius 1 is 0.826 bits per heavy atom. The predicted molar refractivity (Wildman–Crippen MR) is 96.0 cm³/mol. The first-order chi connectivity index (χ1) is 11.1. The van der Waals surface area contributed by atoms with Crippen LogP contribution in [0.4, 0.5) is 0 Å². The van der Waals surface area contributed by atoms with Crippen LogP contribution in [0.3, 0.4) is 0 Å². The summed E-state index contributed by atoms with van der Waals surface area (Å²) in [7, 11) is 0. The zero-order valence-electron chi connectivity index (χ0n) is 14.6. The van der Waals surface area contributed by atoms with Gasteiger partial charge in [-0.25, -0.2) is 0 Å². The maximum absolute atomic E-state index is 11.1. The standard InChI is InChI=1S/C22H30O/c1-22(2,23)21(19-13-11-15-7-3-5-9-17(15)19)20-14-12-16-8-4-6-10-18(16)20/h11-14,19-21,23H,3-10H2,1-2H3. The van der Waals surface area contributed by atoms with Crippen LogP contribution >= 0.6 is 0 Å². The molecule has 1 nitrogen and oxygen atoms in total. The number of allylic oxidation sites excluding steroid dienone is 8. The molecule has 0 aromatic carbocycles. The minimum atomic E-state index is -0.649. The van der Waals surface area contributed by atoms with Gasteiger partial charge in [0.25, 0.3) is 0 Å². The quantitative estimate of drug-likeness (QED) is 0.731. The molecule has 0 amide bonds. The largest absolute Gasteiger partial charge is 0.390 e. The molecule has 4 aliphatic carbocycles. The van der Waals surface area contributed by atoms with Crippen LogP contribution in [0.1, 0.15) is 65.2 Å². The molecular weight excluding hydrogens is 280 g/mol. The minimum Gasteiger partial charge on any atom is -0.390 e. The third-order valence-electron chi connectivity index (χ3n) is 6.51. The maximum atomic E-state index is 11.1. The summed E-state index contributed by atoms with van der Waals surface area (Å²) in [5.41, 5.74) is 5.79. The summed E-state index contributed by atoms with van der Waals surface area (Å²) in [6.45, 7) is 4.06. The molecule has 0 radical (unpaired) electrons. The highest BCUT2D eigenvalue weighted by Crippen LogP contribution is 2.50. The van der Waals surface area contributed by atoms with Crippen molar-refractivity contribution in [3.63, 3.8) is 0 Å². The molecule has 1 N–H and O–H groups in total. The predicted octanol–water partition coefficient (Wildman–Crippen LogP) is 5.49. The Labute approximate surface area is 140 Å². The molecule has 0 spiro atoms. The molecule has 2 unspecified atom stereocenters. The Kier molecular flexibility index (Phi) is 3.88. The lowest BCUT2D eigenvalue weighted by molar-refractivity contribution is -0.00969. The number of hydrogen-bond donors (Lipinski definition) is 1. The van der Waals surface area contributed by atoms with Gasteiger partial charge < -0.3 is 5.11 Å². The molecule has 0 aromatic heterocycles. The summed E-state index contributed by atoms with van der Waals surface area (Å²) in [4.78, 5) is 0. The lowest BCUT2D eigenvalue weighted by Crippen LogP contribution is -2.41. The van der Waals surface area contributed by atoms with Gasteiger partial charge in [0.05, 0.1) is 5.60 Å². The molecule has 0 saturated carbocycles. The summed E-state index contributed by atoms with van der Waals surface area (Å²) in [5.74, 6) is 1.16. The fraction of sp³-hybridized carbons (Fsp3) is 0.636. The fourth-order valence-electron chi connectivity index (χ4n) is 5.49. The van der Waals surface area contributed by atoms with Gasteiger partial charge in [0.1, 0.15) is 0 Å². The first-order valence-corrected chi connectivity index (χ1v) is 9.58. The fourth-order valence-corrected chi connectivity index (χ4v) is 5.49. The van der Waals surface area contributed by atoms with E-state index in [1.54, 1.807) is 22.3 Å². The van der Waals surface area contributed by atoms with Gasteiger partial charge in [-0.3, -0.25) is 0 Å². The lowest BCUT2D eigenvalue weighted by Gasteiger charge is -2.41. The molecule has 1 heteroatoms. The van der Waals surface area contributed by atoms with Crippen LogP contribution in [0.15, 0.2) is 46.6 Å².